The molecular weight excluding hydrogens is 370 g/mol. The van der Waals surface area contributed by atoms with Crippen molar-refractivity contribution >= 4 is 32.7 Å². The van der Waals surface area contributed by atoms with Gasteiger partial charge in [0, 0.05) is 24.4 Å². The number of amides is 1. The first-order valence-corrected chi connectivity index (χ1v) is 9.60. The van der Waals surface area contributed by atoms with Crippen molar-refractivity contribution in [1.29, 1.82) is 0 Å². The van der Waals surface area contributed by atoms with Crippen LogP contribution in [0.15, 0.2) is 47.4 Å². The number of methoxy groups -OCH3 is 1. The van der Waals surface area contributed by atoms with Crippen LogP contribution in [0.2, 0.25) is 0 Å². The summed E-state index contributed by atoms with van der Waals surface area (Å²) >= 11 is 0. The normalized spacial score (nSPS) is 12.7. The highest BCUT2D eigenvalue weighted by molar-refractivity contribution is 7.92. The maximum atomic E-state index is 12.6. The fourth-order valence-electron chi connectivity index (χ4n) is 2.52. The number of ether oxygens (including phenoxy) is 1. The molecule has 1 heterocycles. The van der Waals surface area contributed by atoms with E-state index in [-0.39, 0.29) is 22.5 Å². The summed E-state index contributed by atoms with van der Waals surface area (Å²) in [5, 5.41) is 13.0. The van der Waals surface area contributed by atoms with E-state index < -0.39 is 10.0 Å². The van der Waals surface area contributed by atoms with Gasteiger partial charge >= 0.3 is 0 Å². The maximum Gasteiger partial charge on any atom is 0.261 e. The Morgan fingerprint density at radius 1 is 1.19 bits per heavy atom. The van der Waals surface area contributed by atoms with Crippen molar-refractivity contribution < 1.29 is 17.9 Å². The molecule has 0 radical (unpaired) electrons. The first-order chi connectivity index (χ1) is 12.9. The summed E-state index contributed by atoms with van der Waals surface area (Å²) in [4.78, 5) is 12.3. The molecule has 10 heteroatoms. The third kappa shape index (κ3) is 4.41. The Morgan fingerprint density at radius 3 is 2.74 bits per heavy atom. The number of fused-ring (bicyclic) bond motifs is 1. The van der Waals surface area contributed by atoms with E-state index >= 15 is 0 Å². The zero-order chi connectivity index (χ0) is 19.4. The van der Waals surface area contributed by atoms with Crippen molar-refractivity contribution in [3.63, 3.8) is 0 Å². The summed E-state index contributed by atoms with van der Waals surface area (Å²) in [5.74, 6) is -0.315. The van der Waals surface area contributed by atoms with Crippen molar-refractivity contribution in [1.82, 2.24) is 20.7 Å². The molecule has 0 aliphatic carbocycles. The van der Waals surface area contributed by atoms with Crippen LogP contribution in [0.1, 0.15) is 17.3 Å². The van der Waals surface area contributed by atoms with Crippen LogP contribution in [-0.4, -0.2) is 49.5 Å². The molecule has 1 atom stereocenters. The van der Waals surface area contributed by atoms with Crippen molar-refractivity contribution in [2.45, 2.75) is 17.9 Å². The largest absolute Gasteiger partial charge is 0.383 e. The Bertz CT molecular complexity index is 1060. The molecule has 0 spiro atoms. The summed E-state index contributed by atoms with van der Waals surface area (Å²) in [6.07, 6.45) is 0. The Labute approximate surface area is 156 Å². The van der Waals surface area contributed by atoms with Gasteiger partial charge in [-0.1, -0.05) is 6.07 Å². The molecule has 142 valence electrons. The summed E-state index contributed by atoms with van der Waals surface area (Å²) in [7, 11) is -2.29. The van der Waals surface area contributed by atoms with Gasteiger partial charge < -0.3 is 10.1 Å². The number of carbonyl (C=O) groups excluding carboxylic acids is 1. The lowest BCUT2D eigenvalue weighted by Crippen LogP contribution is -2.35. The summed E-state index contributed by atoms with van der Waals surface area (Å²) in [5.41, 5.74) is 1.63. The van der Waals surface area contributed by atoms with Gasteiger partial charge in [-0.2, -0.15) is 15.4 Å². The van der Waals surface area contributed by atoms with Crippen LogP contribution in [0.5, 0.6) is 0 Å². The molecule has 3 rings (SSSR count). The minimum absolute atomic E-state index is 0.0486. The average molecular weight is 389 g/mol. The molecule has 2 aromatic carbocycles. The Kier molecular flexibility index (Phi) is 5.38. The molecule has 0 aliphatic heterocycles. The number of hydrogen-bond donors (Lipinski definition) is 3. The topological polar surface area (TPSA) is 126 Å². The number of aromatic amines is 1. The molecular formula is C17H19N5O4S. The molecule has 0 unspecified atom stereocenters. The molecule has 1 amide bonds. The number of H-pyrrole nitrogens is 1. The Morgan fingerprint density at radius 2 is 1.96 bits per heavy atom. The molecule has 3 aromatic rings. The molecule has 3 N–H and O–H groups in total. The number of rotatable bonds is 7. The van der Waals surface area contributed by atoms with E-state index in [1.807, 2.05) is 6.92 Å². The average Bonchev–Trinajstić information content (AvgIpc) is 3.09. The number of benzene rings is 2. The predicted octanol–water partition coefficient (Wildman–Crippen LogP) is 1.52. The first kappa shape index (κ1) is 18.8. The molecule has 27 heavy (non-hydrogen) atoms. The second-order valence-electron chi connectivity index (χ2n) is 5.99. The SMILES string of the molecule is COC[C@H](C)NC(=O)c1cccc(NS(=O)(=O)c2ccc3n[nH]nc3c2)c1. The van der Waals surface area contributed by atoms with Gasteiger partial charge in [-0.3, -0.25) is 9.52 Å². The highest BCUT2D eigenvalue weighted by atomic mass is 32.2. The van der Waals surface area contributed by atoms with Gasteiger partial charge in [-0.15, -0.1) is 0 Å². The van der Waals surface area contributed by atoms with E-state index in [0.29, 0.717) is 23.2 Å². The molecule has 0 saturated carbocycles. The number of nitrogens with one attached hydrogen (secondary N) is 3. The quantitative estimate of drug-likeness (QED) is 0.562. The highest BCUT2D eigenvalue weighted by Crippen LogP contribution is 2.20. The van der Waals surface area contributed by atoms with Crippen molar-refractivity contribution in [3.05, 3.63) is 48.0 Å². The smallest absolute Gasteiger partial charge is 0.261 e. The van der Waals surface area contributed by atoms with Gasteiger partial charge in [-0.05, 0) is 43.3 Å². The lowest BCUT2D eigenvalue weighted by molar-refractivity contribution is 0.0905. The monoisotopic (exact) mass is 389 g/mol. The third-order valence-corrected chi connectivity index (χ3v) is 5.15. The number of nitrogens with zero attached hydrogens (tertiary/aromatic N) is 2. The molecule has 0 saturated heterocycles. The Hall–Kier alpha value is -2.98. The van der Waals surface area contributed by atoms with Crippen LogP contribution < -0.4 is 10.0 Å². The summed E-state index contributed by atoms with van der Waals surface area (Å²) in [6, 6.07) is 10.5. The van der Waals surface area contributed by atoms with Gasteiger partial charge in [0.15, 0.2) is 0 Å². The second-order valence-corrected chi connectivity index (χ2v) is 7.67. The van der Waals surface area contributed by atoms with Gasteiger partial charge in [-0.25, -0.2) is 8.42 Å². The van der Waals surface area contributed by atoms with Crippen LogP contribution in [-0.2, 0) is 14.8 Å². The van der Waals surface area contributed by atoms with Crippen LogP contribution in [0.3, 0.4) is 0 Å². The maximum absolute atomic E-state index is 12.6. The molecule has 0 bridgehead atoms. The molecule has 0 fully saturated rings. The number of sulfonamides is 1. The van der Waals surface area contributed by atoms with E-state index in [1.54, 1.807) is 31.4 Å². The van der Waals surface area contributed by atoms with Crippen LogP contribution in [0.4, 0.5) is 5.69 Å². The van der Waals surface area contributed by atoms with E-state index in [2.05, 4.69) is 25.4 Å². The number of carbonyl (C=O) groups is 1. The zero-order valence-corrected chi connectivity index (χ0v) is 15.6. The van der Waals surface area contributed by atoms with Gasteiger partial charge in [0.2, 0.25) is 0 Å². The number of anilines is 1. The Balaban J connectivity index is 1.79. The number of hydrogen-bond acceptors (Lipinski definition) is 6. The lowest BCUT2D eigenvalue weighted by atomic mass is 10.2. The van der Waals surface area contributed by atoms with E-state index in [0.717, 1.165) is 0 Å². The van der Waals surface area contributed by atoms with Gasteiger partial charge in [0.1, 0.15) is 11.0 Å². The lowest BCUT2D eigenvalue weighted by Gasteiger charge is -2.13. The first-order valence-electron chi connectivity index (χ1n) is 8.12. The van der Waals surface area contributed by atoms with Gasteiger partial charge in [0.05, 0.1) is 11.5 Å². The van der Waals surface area contributed by atoms with Crippen molar-refractivity contribution in [2.24, 2.45) is 0 Å². The fourth-order valence-corrected chi connectivity index (χ4v) is 3.59. The zero-order valence-electron chi connectivity index (χ0n) is 14.8. The van der Waals surface area contributed by atoms with Gasteiger partial charge in [0.25, 0.3) is 15.9 Å². The summed E-state index contributed by atoms with van der Waals surface area (Å²) < 4.78 is 32.7. The van der Waals surface area contributed by atoms with Crippen LogP contribution in [0.25, 0.3) is 11.0 Å². The standard InChI is InChI=1S/C17H19N5O4S/c1-11(10-26-2)18-17(23)12-4-3-5-13(8-12)21-27(24,25)14-6-7-15-16(9-14)20-22-19-15/h3-9,11,21H,10H2,1-2H3,(H,18,23)(H,19,20,22)/t11-/m0/s1. The molecule has 0 aliphatic rings. The highest BCUT2D eigenvalue weighted by Gasteiger charge is 2.17. The fraction of sp³-hybridized carbons (Fsp3) is 0.235. The minimum atomic E-state index is -3.84. The van der Waals surface area contributed by atoms with Crippen molar-refractivity contribution in [2.75, 3.05) is 18.4 Å². The van der Waals surface area contributed by atoms with E-state index in [4.69, 9.17) is 4.74 Å². The van der Waals surface area contributed by atoms with E-state index in [9.17, 15) is 13.2 Å². The van der Waals surface area contributed by atoms with Crippen molar-refractivity contribution in [3.8, 4) is 0 Å². The summed E-state index contributed by atoms with van der Waals surface area (Å²) in [6.45, 7) is 2.19. The molecule has 9 nitrogen and oxygen atoms in total. The third-order valence-electron chi connectivity index (χ3n) is 3.77. The van der Waals surface area contributed by atoms with Crippen LogP contribution >= 0.6 is 0 Å². The number of aromatic nitrogens is 3. The van der Waals surface area contributed by atoms with Crippen LogP contribution in [0, 0.1) is 0 Å². The minimum Gasteiger partial charge on any atom is -0.383 e. The second kappa shape index (κ2) is 7.72. The van der Waals surface area contributed by atoms with E-state index in [1.165, 1.54) is 18.2 Å². The molecule has 1 aromatic heterocycles. The predicted molar refractivity (Wildman–Crippen MR) is 99.9 cm³/mol.